The Morgan fingerprint density at radius 1 is 1.50 bits per heavy atom. The van der Waals surface area contributed by atoms with Crippen LogP contribution in [0.1, 0.15) is 22.3 Å². The Morgan fingerprint density at radius 3 is 3.19 bits per heavy atom. The minimum absolute atomic E-state index is 0.111. The molecule has 3 heterocycles. The smallest absolute Gasteiger partial charge is 0.270 e. The van der Waals surface area contributed by atoms with Crippen LogP contribution in [0, 0.1) is 0 Å². The zero-order chi connectivity index (χ0) is 11.1. The fraction of sp³-hybridized carbons (Fsp3) is 0.182. The van der Waals surface area contributed by atoms with Gasteiger partial charge in [-0.05, 0) is 23.6 Å². The number of carbonyl (C=O) groups is 1. The summed E-state index contributed by atoms with van der Waals surface area (Å²) in [6, 6.07) is 5.64. The number of methoxy groups -OCH3 is 1. The van der Waals surface area contributed by atoms with Crippen LogP contribution < -0.4 is 5.32 Å². The first-order valence-electron chi connectivity index (χ1n) is 4.90. The Bertz CT molecular complexity index is 544. The Labute approximate surface area is 96.5 Å². The molecule has 1 atom stereocenters. The number of thiophene rings is 1. The molecule has 2 aromatic heterocycles. The second-order valence-corrected chi connectivity index (χ2v) is 4.43. The summed E-state index contributed by atoms with van der Waals surface area (Å²) in [7, 11) is 1.59. The van der Waals surface area contributed by atoms with Gasteiger partial charge in [-0.15, -0.1) is 11.3 Å². The van der Waals surface area contributed by atoms with Crippen LogP contribution >= 0.6 is 11.3 Å². The SMILES string of the molecule is COC1NC(=O)c2cccn2-c2sccc21. The third-order valence-electron chi connectivity index (χ3n) is 2.65. The van der Waals surface area contributed by atoms with Crippen molar-refractivity contribution in [2.45, 2.75) is 6.23 Å². The number of hydrogen-bond acceptors (Lipinski definition) is 3. The molecule has 0 aromatic carbocycles. The van der Waals surface area contributed by atoms with Gasteiger partial charge in [0.1, 0.15) is 10.7 Å². The number of carbonyl (C=O) groups excluding carboxylic acids is 1. The zero-order valence-electron chi connectivity index (χ0n) is 8.64. The molecular formula is C11H10N2O2S. The van der Waals surface area contributed by atoms with Crippen molar-refractivity contribution in [1.29, 1.82) is 0 Å². The van der Waals surface area contributed by atoms with Gasteiger partial charge >= 0.3 is 0 Å². The molecule has 1 amide bonds. The summed E-state index contributed by atoms with van der Waals surface area (Å²) in [6.07, 6.45) is 1.52. The van der Waals surface area contributed by atoms with Crippen LogP contribution in [0.2, 0.25) is 0 Å². The molecule has 16 heavy (non-hydrogen) atoms. The predicted octanol–water partition coefficient (Wildman–Crippen LogP) is 1.93. The van der Waals surface area contributed by atoms with E-state index in [2.05, 4.69) is 5.32 Å². The Balaban J connectivity index is 2.25. The number of nitrogens with zero attached hydrogens (tertiary/aromatic N) is 1. The topological polar surface area (TPSA) is 43.3 Å². The Hall–Kier alpha value is -1.59. The second-order valence-electron chi connectivity index (χ2n) is 3.53. The number of amides is 1. The quantitative estimate of drug-likeness (QED) is 0.819. The Morgan fingerprint density at radius 2 is 2.38 bits per heavy atom. The largest absolute Gasteiger partial charge is 0.357 e. The maximum Gasteiger partial charge on any atom is 0.270 e. The van der Waals surface area contributed by atoms with Crippen molar-refractivity contribution in [3.63, 3.8) is 0 Å². The average molecular weight is 234 g/mol. The summed E-state index contributed by atoms with van der Waals surface area (Å²) in [4.78, 5) is 11.9. The normalized spacial score (nSPS) is 18.6. The Kier molecular flexibility index (Phi) is 2.08. The summed E-state index contributed by atoms with van der Waals surface area (Å²) in [5.74, 6) is -0.111. The van der Waals surface area contributed by atoms with E-state index >= 15 is 0 Å². The molecular weight excluding hydrogens is 224 g/mol. The first-order chi connectivity index (χ1) is 7.81. The minimum atomic E-state index is -0.367. The van der Waals surface area contributed by atoms with E-state index in [4.69, 9.17) is 4.74 Å². The number of nitrogens with one attached hydrogen (secondary N) is 1. The van der Waals surface area contributed by atoms with Crippen LogP contribution in [0.3, 0.4) is 0 Å². The highest BCUT2D eigenvalue weighted by atomic mass is 32.1. The van der Waals surface area contributed by atoms with Gasteiger partial charge in [-0.1, -0.05) is 0 Å². The van der Waals surface area contributed by atoms with Crippen molar-refractivity contribution in [3.8, 4) is 5.00 Å². The molecule has 0 radical (unpaired) electrons. The van der Waals surface area contributed by atoms with Gasteiger partial charge in [-0.25, -0.2) is 0 Å². The highest BCUT2D eigenvalue weighted by Gasteiger charge is 2.26. The monoisotopic (exact) mass is 234 g/mol. The summed E-state index contributed by atoms with van der Waals surface area (Å²) in [5, 5.41) is 5.87. The van der Waals surface area contributed by atoms with E-state index in [0.29, 0.717) is 5.69 Å². The highest BCUT2D eigenvalue weighted by Crippen LogP contribution is 2.31. The molecule has 1 N–H and O–H groups in total. The van der Waals surface area contributed by atoms with Gasteiger partial charge in [-0.3, -0.25) is 4.79 Å². The van der Waals surface area contributed by atoms with E-state index in [1.165, 1.54) is 0 Å². The van der Waals surface area contributed by atoms with Crippen molar-refractivity contribution in [2.75, 3.05) is 7.11 Å². The van der Waals surface area contributed by atoms with Crippen LogP contribution in [0.5, 0.6) is 0 Å². The fourth-order valence-electron chi connectivity index (χ4n) is 1.91. The predicted molar refractivity (Wildman–Crippen MR) is 60.9 cm³/mol. The van der Waals surface area contributed by atoms with E-state index in [0.717, 1.165) is 10.6 Å². The van der Waals surface area contributed by atoms with Crippen LogP contribution in [-0.4, -0.2) is 17.6 Å². The maximum absolute atomic E-state index is 11.9. The van der Waals surface area contributed by atoms with Crippen LogP contribution in [0.15, 0.2) is 29.8 Å². The van der Waals surface area contributed by atoms with Gasteiger partial charge in [0, 0.05) is 18.9 Å². The third kappa shape index (κ3) is 1.22. The molecule has 0 saturated heterocycles. The molecule has 1 aliphatic heterocycles. The lowest BCUT2D eigenvalue weighted by atomic mass is 10.3. The summed E-state index contributed by atoms with van der Waals surface area (Å²) >= 11 is 1.60. The van der Waals surface area contributed by atoms with Crippen molar-refractivity contribution in [1.82, 2.24) is 9.88 Å². The molecule has 82 valence electrons. The summed E-state index contributed by atoms with van der Waals surface area (Å²) in [5.41, 5.74) is 1.64. The van der Waals surface area contributed by atoms with E-state index < -0.39 is 0 Å². The molecule has 1 aliphatic rings. The van der Waals surface area contributed by atoms with Crippen molar-refractivity contribution >= 4 is 17.2 Å². The molecule has 0 saturated carbocycles. The lowest BCUT2D eigenvalue weighted by Gasteiger charge is -2.13. The molecule has 1 unspecified atom stereocenters. The maximum atomic E-state index is 11.9. The van der Waals surface area contributed by atoms with E-state index in [1.54, 1.807) is 24.5 Å². The van der Waals surface area contributed by atoms with Gasteiger partial charge in [0.25, 0.3) is 5.91 Å². The molecule has 0 bridgehead atoms. The molecule has 2 aromatic rings. The molecule has 0 fully saturated rings. The highest BCUT2D eigenvalue weighted by molar-refractivity contribution is 7.12. The van der Waals surface area contributed by atoms with Crippen molar-refractivity contribution in [3.05, 3.63) is 41.0 Å². The second kappa shape index (κ2) is 3.47. The van der Waals surface area contributed by atoms with E-state index in [9.17, 15) is 4.79 Å². The first-order valence-corrected chi connectivity index (χ1v) is 5.78. The molecule has 0 spiro atoms. The van der Waals surface area contributed by atoms with Crippen LogP contribution in [-0.2, 0) is 4.74 Å². The number of hydrogen-bond donors (Lipinski definition) is 1. The van der Waals surface area contributed by atoms with Crippen LogP contribution in [0.25, 0.3) is 5.00 Å². The standard InChI is InChI=1S/C11H10N2O2S/c1-15-10-7-4-6-16-11(7)13-5-2-3-8(13)9(14)12-10/h2-6,10H,1H3,(H,12,14). The van der Waals surface area contributed by atoms with E-state index in [1.807, 2.05) is 28.3 Å². The average Bonchev–Trinajstić information content (AvgIpc) is 2.91. The van der Waals surface area contributed by atoms with Gasteiger partial charge in [0.2, 0.25) is 0 Å². The number of aromatic nitrogens is 1. The van der Waals surface area contributed by atoms with Crippen molar-refractivity contribution < 1.29 is 9.53 Å². The lowest BCUT2D eigenvalue weighted by molar-refractivity contribution is 0.0585. The molecule has 3 rings (SSSR count). The fourth-order valence-corrected chi connectivity index (χ4v) is 2.83. The van der Waals surface area contributed by atoms with Crippen molar-refractivity contribution in [2.24, 2.45) is 0 Å². The zero-order valence-corrected chi connectivity index (χ0v) is 9.45. The van der Waals surface area contributed by atoms with E-state index in [-0.39, 0.29) is 12.1 Å². The number of fused-ring (bicyclic) bond motifs is 3. The third-order valence-corrected chi connectivity index (χ3v) is 3.58. The number of rotatable bonds is 1. The first kappa shape index (κ1) is 9.62. The minimum Gasteiger partial charge on any atom is -0.357 e. The summed E-state index contributed by atoms with van der Waals surface area (Å²) in [6.45, 7) is 0. The van der Waals surface area contributed by atoms with Gasteiger partial charge in [-0.2, -0.15) is 0 Å². The lowest BCUT2D eigenvalue weighted by Crippen LogP contribution is -2.28. The molecule has 4 nitrogen and oxygen atoms in total. The van der Waals surface area contributed by atoms with Crippen LogP contribution in [0.4, 0.5) is 0 Å². The summed E-state index contributed by atoms with van der Waals surface area (Å²) < 4.78 is 7.19. The van der Waals surface area contributed by atoms with Gasteiger partial charge in [0.15, 0.2) is 6.23 Å². The van der Waals surface area contributed by atoms with Gasteiger partial charge in [0.05, 0.1) is 0 Å². The molecule has 5 heteroatoms. The number of ether oxygens (including phenoxy) is 1. The van der Waals surface area contributed by atoms with Gasteiger partial charge < -0.3 is 14.6 Å². The molecule has 0 aliphatic carbocycles.